The van der Waals surface area contributed by atoms with Crippen molar-refractivity contribution in [2.75, 3.05) is 20.3 Å². The number of rotatable bonds is 9. The van der Waals surface area contributed by atoms with Gasteiger partial charge in [-0.05, 0) is 54.3 Å². The Hall–Kier alpha value is -4.64. The summed E-state index contributed by atoms with van der Waals surface area (Å²) >= 11 is 0. The van der Waals surface area contributed by atoms with Gasteiger partial charge in [-0.15, -0.1) is 0 Å². The van der Waals surface area contributed by atoms with Gasteiger partial charge in [0.05, 0.1) is 19.6 Å². The maximum absolute atomic E-state index is 12.4. The lowest BCUT2D eigenvalue weighted by atomic mass is 9.83. The molecule has 0 bridgehead atoms. The number of carbonyl (C=O) groups is 1. The van der Waals surface area contributed by atoms with Crippen molar-refractivity contribution in [1.82, 2.24) is 0 Å². The van der Waals surface area contributed by atoms with Crippen molar-refractivity contribution in [2.24, 2.45) is 5.73 Å². The Kier molecular flexibility index (Phi) is 8.07. The van der Waals surface area contributed by atoms with Crippen LogP contribution in [0.1, 0.15) is 49.3 Å². The summed E-state index contributed by atoms with van der Waals surface area (Å²) in [6, 6.07) is 20.2. The average molecular weight is 515 g/mol. The first-order valence-corrected chi connectivity index (χ1v) is 12.3. The number of carbonyl (C=O) groups excluding carboxylic acids is 1. The van der Waals surface area contributed by atoms with E-state index in [9.17, 15) is 10.1 Å². The predicted octanol–water partition coefficient (Wildman–Crippen LogP) is 5.42. The molecule has 3 aromatic rings. The van der Waals surface area contributed by atoms with E-state index >= 15 is 0 Å². The van der Waals surface area contributed by atoms with Crippen LogP contribution in [0, 0.1) is 11.3 Å². The lowest BCUT2D eigenvalue weighted by Crippen LogP contribution is -2.22. The van der Waals surface area contributed by atoms with E-state index in [4.69, 9.17) is 29.4 Å². The number of allylic oxidation sites excluding steroid dienone is 1. The number of hydrogen-bond donors (Lipinski definition) is 1. The molecule has 4 rings (SSSR count). The Morgan fingerprint density at radius 3 is 2.42 bits per heavy atom. The predicted molar refractivity (Wildman–Crippen MR) is 142 cm³/mol. The fourth-order valence-corrected chi connectivity index (χ4v) is 4.23. The Bertz CT molecular complexity index is 1390. The molecule has 1 atom stereocenters. The molecule has 8 nitrogen and oxygen atoms in total. The number of nitrogens with zero attached hydrogens (tertiary/aromatic N) is 1. The fourth-order valence-electron chi connectivity index (χ4n) is 4.23. The fraction of sp³-hybridized carbons (Fsp3) is 0.267. The van der Waals surface area contributed by atoms with Gasteiger partial charge in [-0.2, -0.15) is 5.26 Å². The molecular formula is C30H30N2O6. The van der Waals surface area contributed by atoms with Gasteiger partial charge in [0.1, 0.15) is 28.9 Å². The van der Waals surface area contributed by atoms with Gasteiger partial charge in [-0.1, -0.05) is 38.1 Å². The van der Waals surface area contributed by atoms with Gasteiger partial charge in [0.15, 0.2) is 18.1 Å². The van der Waals surface area contributed by atoms with Crippen LogP contribution in [-0.2, 0) is 4.79 Å². The van der Waals surface area contributed by atoms with E-state index in [2.05, 4.69) is 19.9 Å². The quantitative estimate of drug-likeness (QED) is 0.297. The van der Waals surface area contributed by atoms with Crippen molar-refractivity contribution in [3.05, 3.63) is 88.8 Å². The van der Waals surface area contributed by atoms with Crippen LogP contribution in [0.15, 0.2) is 72.1 Å². The van der Waals surface area contributed by atoms with Crippen LogP contribution in [0.5, 0.6) is 28.7 Å². The second kappa shape index (κ2) is 11.6. The Labute approximate surface area is 222 Å². The molecule has 196 valence electrons. The average Bonchev–Trinajstić information content (AvgIpc) is 2.91. The summed E-state index contributed by atoms with van der Waals surface area (Å²) in [7, 11) is 1.56. The van der Waals surface area contributed by atoms with E-state index < -0.39 is 11.9 Å². The van der Waals surface area contributed by atoms with Gasteiger partial charge in [0.25, 0.3) is 0 Å². The molecule has 1 unspecified atom stereocenters. The third kappa shape index (κ3) is 5.68. The molecule has 0 fully saturated rings. The highest BCUT2D eigenvalue weighted by atomic mass is 16.6. The van der Waals surface area contributed by atoms with E-state index in [1.54, 1.807) is 31.4 Å². The number of hydrogen-bond acceptors (Lipinski definition) is 8. The normalized spacial score (nSPS) is 14.3. The molecule has 1 aliphatic rings. The van der Waals surface area contributed by atoms with Gasteiger partial charge in [-0.25, -0.2) is 4.79 Å². The molecule has 8 heteroatoms. The van der Waals surface area contributed by atoms with Crippen LogP contribution >= 0.6 is 0 Å². The van der Waals surface area contributed by atoms with Crippen molar-refractivity contribution in [1.29, 1.82) is 5.26 Å². The topological polar surface area (TPSA) is 113 Å². The number of benzene rings is 3. The Morgan fingerprint density at radius 2 is 1.76 bits per heavy atom. The molecule has 2 N–H and O–H groups in total. The van der Waals surface area contributed by atoms with E-state index in [0.29, 0.717) is 41.1 Å². The van der Waals surface area contributed by atoms with E-state index in [-0.39, 0.29) is 23.8 Å². The zero-order valence-corrected chi connectivity index (χ0v) is 21.8. The van der Waals surface area contributed by atoms with Gasteiger partial charge in [0, 0.05) is 11.6 Å². The first kappa shape index (κ1) is 26.4. The Morgan fingerprint density at radius 1 is 1.03 bits per heavy atom. The monoisotopic (exact) mass is 514 g/mol. The minimum atomic E-state index is -0.567. The number of nitrogens with two attached hydrogens (primary N) is 1. The van der Waals surface area contributed by atoms with Crippen molar-refractivity contribution < 1.29 is 28.5 Å². The first-order chi connectivity index (χ1) is 18.3. The molecule has 1 aliphatic heterocycles. The summed E-state index contributed by atoms with van der Waals surface area (Å²) in [5, 5.41) is 9.85. The molecule has 0 amide bonds. The molecule has 38 heavy (non-hydrogen) atoms. The third-order valence-electron chi connectivity index (χ3n) is 6.15. The molecule has 3 aromatic carbocycles. The second-order valence-electron chi connectivity index (χ2n) is 8.95. The van der Waals surface area contributed by atoms with Crippen LogP contribution in [0.25, 0.3) is 0 Å². The lowest BCUT2D eigenvalue weighted by Gasteiger charge is -2.27. The van der Waals surface area contributed by atoms with Gasteiger partial charge >= 0.3 is 5.97 Å². The van der Waals surface area contributed by atoms with E-state index in [0.717, 1.165) is 5.56 Å². The second-order valence-corrected chi connectivity index (χ2v) is 8.95. The number of methoxy groups -OCH3 is 1. The lowest BCUT2D eigenvalue weighted by molar-refractivity contribution is -0.136. The number of esters is 1. The molecule has 1 heterocycles. The molecule has 0 saturated heterocycles. The zero-order chi connectivity index (χ0) is 27.2. The number of ether oxygens (including phenoxy) is 5. The van der Waals surface area contributed by atoms with E-state index in [1.165, 1.54) is 5.56 Å². The standard InChI is InChI=1S/C30H30N2O6/c1-5-35-25-13-8-20(14-27(25)34-4)29-23-12-11-22(15-26(23)38-30(32)24(29)16-31)37-28(33)17-36-21-9-6-19(7-10-21)18(2)3/h6-15,18,29H,5,17,32H2,1-4H3. The smallest absolute Gasteiger partial charge is 0.349 e. The highest BCUT2D eigenvalue weighted by Crippen LogP contribution is 2.45. The minimum absolute atomic E-state index is 0.0190. The van der Waals surface area contributed by atoms with Crippen molar-refractivity contribution in [3.63, 3.8) is 0 Å². The first-order valence-electron chi connectivity index (χ1n) is 12.3. The minimum Gasteiger partial charge on any atom is -0.493 e. The van der Waals surface area contributed by atoms with Crippen molar-refractivity contribution >= 4 is 5.97 Å². The number of fused-ring (bicyclic) bond motifs is 1. The number of nitriles is 1. The van der Waals surface area contributed by atoms with Gasteiger partial charge in [0.2, 0.25) is 5.88 Å². The summed E-state index contributed by atoms with van der Waals surface area (Å²) in [5.74, 6) is 1.69. The highest BCUT2D eigenvalue weighted by molar-refractivity contribution is 5.74. The van der Waals surface area contributed by atoms with Gasteiger partial charge < -0.3 is 29.4 Å². The summed E-state index contributed by atoms with van der Waals surface area (Å²) in [6.07, 6.45) is 0. The summed E-state index contributed by atoms with van der Waals surface area (Å²) in [6.45, 7) is 6.34. The SMILES string of the molecule is CCOc1ccc(C2C(C#N)=C(N)Oc3cc(OC(=O)COc4ccc(C(C)C)cc4)ccc32)cc1OC. The molecule has 0 aliphatic carbocycles. The molecule has 0 radical (unpaired) electrons. The zero-order valence-electron chi connectivity index (χ0n) is 21.8. The van der Waals surface area contributed by atoms with Crippen LogP contribution in [-0.4, -0.2) is 26.3 Å². The molecule has 0 saturated carbocycles. The van der Waals surface area contributed by atoms with E-state index in [1.807, 2.05) is 43.3 Å². The van der Waals surface area contributed by atoms with Crippen LogP contribution in [0.3, 0.4) is 0 Å². The van der Waals surface area contributed by atoms with Crippen molar-refractivity contribution in [3.8, 4) is 34.8 Å². The third-order valence-corrected chi connectivity index (χ3v) is 6.15. The summed E-state index contributed by atoms with van der Waals surface area (Å²) in [4.78, 5) is 12.4. The summed E-state index contributed by atoms with van der Waals surface area (Å²) in [5.41, 5.74) is 9.05. The maximum atomic E-state index is 12.4. The van der Waals surface area contributed by atoms with Crippen LogP contribution in [0.2, 0.25) is 0 Å². The highest BCUT2D eigenvalue weighted by Gasteiger charge is 2.31. The molecule has 0 aromatic heterocycles. The summed E-state index contributed by atoms with van der Waals surface area (Å²) < 4.78 is 27.9. The maximum Gasteiger partial charge on any atom is 0.349 e. The van der Waals surface area contributed by atoms with Crippen LogP contribution < -0.4 is 29.4 Å². The molecule has 0 spiro atoms. The van der Waals surface area contributed by atoms with Crippen LogP contribution in [0.4, 0.5) is 0 Å². The van der Waals surface area contributed by atoms with Crippen molar-refractivity contribution in [2.45, 2.75) is 32.6 Å². The largest absolute Gasteiger partial charge is 0.493 e. The Balaban J connectivity index is 1.53. The van der Waals surface area contributed by atoms with Gasteiger partial charge in [-0.3, -0.25) is 0 Å². The molecular weight excluding hydrogens is 484 g/mol.